The van der Waals surface area contributed by atoms with E-state index in [0.717, 1.165) is 25.1 Å². The molecule has 5 heteroatoms. The zero-order chi connectivity index (χ0) is 16.7. The maximum absolute atomic E-state index is 13.6. The normalized spacial score (nSPS) is 17.2. The molecule has 0 aromatic heterocycles. The average Bonchev–Trinajstić information content (AvgIpc) is 2.54. The van der Waals surface area contributed by atoms with Gasteiger partial charge in [0.25, 0.3) is 0 Å². The van der Waals surface area contributed by atoms with Crippen molar-refractivity contribution in [2.45, 2.75) is 32.7 Å². The van der Waals surface area contributed by atoms with E-state index in [-0.39, 0.29) is 17.8 Å². The summed E-state index contributed by atoms with van der Waals surface area (Å²) in [4.78, 5) is 14.3. The highest BCUT2D eigenvalue weighted by Crippen LogP contribution is 2.22. The quantitative estimate of drug-likeness (QED) is 0.839. The van der Waals surface area contributed by atoms with Gasteiger partial charge < -0.3 is 10.1 Å². The van der Waals surface area contributed by atoms with Crippen molar-refractivity contribution >= 4 is 5.91 Å². The molecular weight excluding hydrogens is 295 g/mol. The van der Waals surface area contributed by atoms with Gasteiger partial charge in [-0.3, -0.25) is 9.69 Å². The number of nitrogens with zero attached hydrogens (tertiary/aromatic N) is 1. The summed E-state index contributed by atoms with van der Waals surface area (Å²) < 4.78 is 19.0. The number of rotatable bonds is 7. The summed E-state index contributed by atoms with van der Waals surface area (Å²) in [6, 6.07) is 6.63. The molecule has 1 aromatic carbocycles. The molecule has 1 aliphatic rings. The van der Waals surface area contributed by atoms with Crippen LogP contribution in [-0.2, 0) is 9.53 Å². The maximum atomic E-state index is 13.6. The van der Waals surface area contributed by atoms with Crippen LogP contribution in [0, 0.1) is 11.7 Å². The lowest BCUT2D eigenvalue weighted by atomic mass is 10.0. The fraction of sp³-hybridized carbons (Fsp3) is 0.611. The number of benzene rings is 1. The average molecular weight is 322 g/mol. The van der Waals surface area contributed by atoms with Gasteiger partial charge in [-0.25, -0.2) is 4.39 Å². The van der Waals surface area contributed by atoms with Crippen molar-refractivity contribution in [1.29, 1.82) is 0 Å². The number of hydrogen-bond acceptors (Lipinski definition) is 3. The van der Waals surface area contributed by atoms with Crippen LogP contribution >= 0.6 is 0 Å². The molecule has 0 saturated carbocycles. The van der Waals surface area contributed by atoms with Crippen LogP contribution < -0.4 is 5.32 Å². The zero-order valence-corrected chi connectivity index (χ0v) is 14.1. The van der Waals surface area contributed by atoms with E-state index in [2.05, 4.69) is 24.1 Å². The first kappa shape index (κ1) is 17.9. The number of carbonyl (C=O) groups is 1. The molecular formula is C18H27FN2O2. The van der Waals surface area contributed by atoms with E-state index in [4.69, 9.17) is 4.74 Å². The standard InChI is InChI=1S/C18H27FN2O2/c1-14(2)6-7-18(22)20-13-17(21-8-10-23-11-9-21)15-4-3-5-16(19)12-15/h3-5,12,14,17H,6-11,13H2,1-2H3,(H,20,22). The fourth-order valence-electron chi connectivity index (χ4n) is 2.78. The molecule has 1 aromatic rings. The van der Waals surface area contributed by atoms with Gasteiger partial charge in [-0.1, -0.05) is 26.0 Å². The van der Waals surface area contributed by atoms with Crippen molar-refractivity contribution in [1.82, 2.24) is 10.2 Å². The summed E-state index contributed by atoms with van der Waals surface area (Å²) >= 11 is 0. The third-order valence-corrected chi connectivity index (χ3v) is 4.16. The molecule has 1 unspecified atom stereocenters. The summed E-state index contributed by atoms with van der Waals surface area (Å²) in [5.74, 6) is 0.333. The fourth-order valence-corrected chi connectivity index (χ4v) is 2.78. The van der Waals surface area contributed by atoms with Crippen LogP contribution in [0.25, 0.3) is 0 Å². The number of ether oxygens (including phenoxy) is 1. The number of morpholine rings is 1. The van der Waals surface area contributed by atoms with Crippen LogP contribution in [0.5, 0.6) is 0 Å². The third-order valence-electron chi connectivity index (χ3n) is 4.16. The van der Waals surface area contributed by atoms with Gasteiger partial charge in [-0.15, -0.1) is 0 Å². The molecule has 1 heterocycles. The Labute approximate surface area is 138 Å². The first-order valence-corrected chi connectivity index (χ1v) is 8.40. The van der Waals surface area contributed by atoms with Crippen LogP contribution in [-0.4, -0.2) is 43.7 Å². The lowest BCUT2D eigenvalue weighted by molar-refractivity contribution is -0.121. The third kappa shape index (κ3) is 5.92. The number of hydrogen-bond donors (Lipinski definition) is 1. The molecule has 0 radical (unpaired) electrons. The highest BCUT2D eigenvalue weighted by Gasteiger charge is 2.23. The molecule has 0 bridgehead atoms. The molecule has 0 aliphatic carbocycles. The van der Waals surface area contributed by atoms with Crippen LogP contribution in [0.1, 0.15) is 38.3 Å². The van der Waals surface area contributed by atoms with Gasteiger partial charge >= 0.3 is 0 Å². The van der Waals surface area contributed by atoms with E-state index in [1.165, 1.54) is 6.07 Å². The van der Waals surface area contributed by atoms with Crippen molar-refractivity contribution in [3.05, 3.63) is 35.6 Å². The number of carbonyl (C=O) groups excluding carboxylic acids is 1. The van der Waals surface area contributed by atoms with E-state index in [0.29, 0.717) is 32.1 Å². The lowest BCUT2D eigenvalue weighted by Crippen LogP contribution is -2.43. The van der Waals surface area contributed by atoms with Crippen molar-refractivity contribution in [2.24, 2.45) is 5.92 Å². The molecule has 4 nitrogen and oxygen atoms in total. The van der Waals surface area contributed by atoms with E-state index < -0.39 is 0 Å². The second-order valence-electron chi connectivity index (χ2n) is 6.46. The van der Waals surface area contributed by atoms with Crippen LogP contribution in [0.2, 0.25) is 0 Å². The number of nitrogens with one attached hydrogen (secondary N) is 1. The molecule has 1 N–H and O–H groups in total. The largest absolute Gasteiger partial charge is 0.379 e. The minimum Gasteiger partial charge on any atom is -0.379 e. The lowest BCUT2D eigenvalue weighted by Gasteiger charge is -2.35. The molecule has 2 rings (SSSR count). The Morgan fingerprint density at radius 3 is 2.74 bits per heavy atom. The highest BCUT2D eigenvalue weighted by atomic mass is 19.1. The molecule has 1 fully saturated rings. The zero-order valence-electron chi connectivity index (χ0n) is 14.1. The van der Waals surface area contributed by atoms with E-state index >= 15 is 0 Å². The molecule has 128 valence electrons. The monoisotopic (exact) mass is 322 g/mol. The van der Waals surface area contributed by atoms with Crippen molar-refractivity contribution in [3.8, 4) is 0 Å². The Kier molecular flexibility index (Phi) is 6.99. The topological polar surface area (TPSA) is 41.6 Å². The van der Waals surface area contributed by atoms with Crippen LogP contribution in [0.3, 0.4) is 0 Å². The van der Waals surface area contributed by atoms with Crippen molar-refractivity contribution in [3.63, 3.8) is 0 Å². The molecule has 1 amide bonds. The Balaban J connectivity index is 2.00. The van der Waals surface area contributed by atoms with Crippen molar-refractivity contribution < 1.29 is 13.9 Å². The second kappa shape index (κ2) is 8.99. The van der Waals surface area contributed by atoms with Gasteiger partial charge in [0.2, 0.25) is 5.91 Å². The van der Waals surface area contributed by atoms with Gasteiger partial charge in [-0.05, 0) is 30.0 Å². The summed E-state index contributed by atoms with van der Waals surface area (Å²) in [5, 5.41) is 3.01. The predicted octanol–water partition coefficient (Wildman–Crippen LogP) is 2.75. The van der Waals surface area contributed by atoms with Gasteiger partial charge in [0.15, 0.2) is 0 Å². The minimum atomic E-state index is -0.244. The van der Waals surface area contributed by atoms with Gasteiger partial charge in [0.1, 0.15) is 5.82 Å². The molecule has 0 spiro atoms. The van der Waals surface area contributed by atoms with Crippen LogP contribution in [0.15, 0.2) is 24.3 Å². The summed E-state index contributed by atoms with van der Waals surface area (Å²) in [6.07, 6.45) is 1.42. The maximum Gasteiger partial charge on any atom is 0.220 e. The summed E-state index contributed by atoms with van der Waals surface area (Å²) in [7, 11) is 0. The molecule has 23 heavy (non-hydrogen) atoms. The van der Waals surface area contributed by atoms with Gasteiger partial charge in [-0.2, -0.15) is 0 Å². The minimum absolute atomic E-state index is 0.0161. The summed E-state index contributed by atoms with van der Waals surface area (Å²) in [5.41, 5.74) is 0.899. The summed E-state index contributed by atoms with van der Waals surface area (Å²) in [6.45, 7) is 7.65. The smallest absolute Gasteiger partial charge is 0.220 e. The Morgan fingerprint density at radius 1 is 1.35 bits per heavy atom. The Hall–Kier alpha value is -1.46. The number of halogens is 1. The SMILES string of the molecule is CC(C)CCC(=O)NCC(c1cccc(F)c1)N1CCOCC1. The number of amides is 1. The van der Waals surface area contributed by atoms with E-state index in [1.54, 1.807) is 12.1 Å². The van der Waals surface area contributed by atoms with E-state index in [1.807, 2.05) is 6.07 Å². The predicted molar refractivity (Wildman–Crippen MR) is 88.6 cm³/mol. The van der Waals surface area contributed by atoms with Gasteiger partial charge in [0.05, 0.1) is 19.3 Å². The van der Waals surface area contributed by atoms with Gasteiger partial charge in [0, 0.05) is 26.1 Å². The first-order chi connectivity index (χ1) is 11.1. The van der Waals surface area contributed by atoms with Crippen molar-refractivity contribution in [2.75, 3.05) is 32.8 Å². The Bertz CT molecular complexity index is 502. The molecule has 1 aliphatic heterocycles. The molecule has 1 atom stereocenters. The van der Waals surface area contributed by atoms with Crippen LogP contribution in [0.4, 0.5) is 4.39 Å². The Morgan fingerprint density at radius 2 is 2.09 bits per heavy atom. The van der Waals surface area contributed by atoms with E-state index in [9.17, 15) is 9.18 Å². The highest BCUT2D eigenvalue weighted by molar-refractivity contribution is 5.75. The first-order valence-electron chi connectivity index (χ1n) is 8.40. The molecule has 1 saturated heterocycles. The second-order valence-corrected chi connectivity index (χ2v) is 6.46.